The highest BCUT2D eigenvalue weighted by molar-refractivity contribution is 8.06. The van der Waals surface area contributed by atoms with Crippen LogP contribution in [0.1, 0.15) is 13.3 Å². The summed E-state index contributed by atoms with van der Waals surface area (Å²) >= 11 is 3.70. The van der Waals surface area contributed by atoms with E-state index in [1.54, 1.807) is 6.92 Å². The van der Waals surface area contributed by atoms with Crippen LogP contribution >= 0.6 is 23.5 Å². The molecule has 0 amide bonds. The molecule has 1 aliphatic rings. The third-order valence-electron chi connectivity index (χ3n) is 1.77. The number of rotatable bonds is 3. The Morgan fingerprint density at radius 1 is 1.71 bits per heavy atom. The summed E-state index contributed by atoms with van der Waals surface area (Å²) in [5.41, 5.74) is 0. The molecule has 1 fully saturated rings. The van der Waals surface area contributed by atoms with Crippen molar-refractivity contribution in [3.63, 3.8) is 0 Å². The predicted octanol–water partition coefficient (Wildman–Crippen LogP) is 1.68. The zero-order valence-electron chi connectivity index (χ0n) is 8.06. The lowest BCUT2D eigenvalue weighted by atomic mass is 10.3. The highest BCUT2D eigenvalue weighted by Gasteiger charge is 2.19. The molecule has 1 heterocycles. The van der Waals surface area contributed by atoms with Gasteiger partial charge >= 0.3 is 5.97 Å². The molecule has 78 valence electrons. The summed E-state index contributed by atoms with van der Waals surface area (Å²) in [5, 5.41) is 8.82. The van der Waals surface area contributed by atoms with Crippen LogP contribution in [0.25, 0.3) is 0 Å². The summed E-state index contributed by atoms with van der Waals surface area (Å²) in [7, 11) is 0. The molecule has 2 atom stereocenters. The van der Waals surface area contributed by atoms with Gasteiger partial charge in [0, 0.05) is 22.5 Å². The van der Waals surface area contributed by atoms with Gasteiger partial charge in [-0.05, 0) is 6.92 Å². The Kier molecular flexibility index (Phi) is 5.20. The summed E-state index contributed by atoms with van der Waals surface area (Å²) in [4.78, 5) is 11.3. The van der Waals surface area contributed by atoms with Crippen LogP contribution in [0.4, 0.5) is 0 Å². The smallest absolute Gasteiger partial charge is 0.308 e. The van der Waals surface area contributed by atoms with Crippen LogP contribution in [0.3, 0.4) is 0 Å². The van der Waals surface area contributed by atoms with Crippen LogP contribution < -0.4 is 0 Å². The molecule has 14 heavy (non-hydrogen) atoms. The lowest BCUT2D eigenvalue weighted by Crippen LogP contribution is -2.21. The van der Waals surface area contributed by atoms with E-state index in [2.05, 4.69) is 0 Å². The van der Waals surface area contributed by atoms with Crippen LogP contribution in [0.2, 0.25) is 0 Å². The van der Waals surface area contributed by atoms with E-state index in [0.717, 1.165) is 11.5 Å². The molecular weight excluding hydrogens is 218 g/mol. The number of hydrogen-bond donors (Lipinski definition) is 0. The van der Waals surface area contributed by atoms with E-state index in [-0.39, 0.29) is 5.97 Å². The lowest BCUT2D eigenvalue weighted by Gasteiger charge is -2.20. The van der Waals surface area contributed by atoms with Crippen LogP contribution in [0.5, 0.6) is 0 Å². The van der Waals surface area contributed by atoms with Gasteiger partial charge in [0.2, 0.25) is 0 Å². The van der Waals surface area contributed by atoms with Crippen molar-refractivity contribution in [1.29, 1.82) is 5.26 Å². The van der Waals surface area contributed by atoms with Crippen LogP contribution in [0.15, 0.2) is 0 Å². The molecule has 5 heteroatoms. The van der Waals surface area contributed by atoms with Gasteiger partial charge in [0.15, 0.2) is 6.10 Å². The Hall–Kier alpha value is -0.340. The Morgan fingerprint density at radius 3 is 3.07 bits per heavy atom. The molecule has 0 radical (unpaired) electrons. The van der Waals surface area contributed by atoms with Crippen molar-refractivity contribution in [2.24, 2.45) is 0 Å². The Morgan fingerprint density at radius 2 is 2.50 bits per heavy atom. The topological polar surface area (TPSA) is 50.1 Å². The number of ether oxygens (including phenoxy) is 1. The van der Waals surface area contributed by atoms with Crippen LogP contribution in [0, 0.1) is 11.3 Å². The Balaban J connectivity index is 2.22. The molecule has 0 unspecified atom stereocenters. The quantitative estimate of drug-likeness (QED) is 0.692. The summed E-state index contributed by atoms with van der Waals surface area (Å²) in [5.74, 6) is 3.04. The van der Waals surface area contributed by atoms with Gasteiger partial charge in [-0.15, -0.1) is 0 Å². The van der Waals surface area contributed by atoms with Crippen molar-refractivity contribution < 1.29 is 9.53 Å². The van der Waals surface area contributed by atoms with Gasteiger partial charge in [-0.2, -0.15) is 28.8 Å². The number of esters is 1. The molecule has 0 aliphatic carbocycles. The highest BCUT2D eigenvalue weighted by Crippen LogP contribution is 2.26. The van der Waals surface area contributed by atoms with Crippen molar-refractivity contribution in [1.82, 2.24) is 0 Å². The third-order valence-corrected chi connectivity index (χ3v) is 4.61. The number of thioether (sulfide) groups is 2. The minimum absolute atomic E-state index is 0.251. The van der Waals surface area contributed by atoms with Gasteiger partial charge in [-0.3, -0.25) is 4.79 Å². The van der Waals surface area contributed by atoms with Gasteiger partial charge in [-0.1, -0.05) is 0 Å². The molecule has 1 saturated heterocycles. The first kappa shape index (κ1) is 11.7. The minimum atomic E-state index is -0.622. The maximum Gasteiger partial charge on any atom is 0.308 e. The van der Waals surface area contributed by atoms with Crippen LogP contribution in [-0.2, 0) is 9.53 Å². The average molecular weight is 231 g/mol. The number of carbonyl (C=O) groups excluding carboxylic acids is 1. The molecule has 0 bridgehead atoms. The third kappa shape index (κ3) is 4.25. The van der Waals surface area contributed by atoms with Crippen molar-refractivity contribution in [3.05, 3.63) is 0 Å². The number of nitriles is 1. The van der Waals surface area contributed by atoms with Gasteiger partial charge in [0.05, 0.1) is 6.42 Å². The molecule has 0 aromatic rings. The Bertz CT molecular complexity index is 233. The monoisotopic (exact) mass is 231 g/mol. The summed E-state index contributed by atoms with van der Waals surface area (Å²) in [6, 6.07) is 1.88. The molecule has 0 aromatic heterocycles. The number of hydrogen-bond acceptors (Lipinski definition) is 5. The van der Waals surface area contributed by atoms with Crippen molar-refractivity contribution in [2.75, 3.05) is 17.3 Å². The predicted molar refractivity (Wildman–Crippen MR) is 59.4 cm³/mol. The minimum Gasteiger partial charge on any atom is -0.447 e. The lowest BCUT2D eigenvalue weighted by molar-refractivity contribution is -0.145. The van der Waals surface area contributed by atoms with Crippen LogP contribution in [-0.4, -0.2) is 34.6 Å². The van der Waals surface area contributed by atoms with Gasteiger partial charge in [0.25, 0.3) is 0 Å². The zero-order chi connectivity index (χ0) is 10.4. The molecule has 1 aliphatic heterocycles. The molecule has 3 nitrogen and oxygen atoms in total. The molecular formula is C9H13NO2S2. The fourth-order valence-electron chi connectivity index (χ4n) is 1.11. The summed E-state index contributed by atoms with van der Waals surface area (Å²) in [6.45, 7) is 1.58. The van der Waals surface area contributed by atoms with Gasteiger partial charge < -0.3 is 4.74 Å². The number of nitrogens with zero attached hydrogens (tertiary/aromatic N) is 1. The standard InChI is InChI=1S/C9H13NO2S2/c1-7(5-10)12-9(11)4-8-6-13-2-3-14-8/h7-8H,2-4,6H2,1H3/t7-,8-/m1/s1. The van der Waals surface area contributed by atoms with Gasteiger partial charge in [-0.25, -0.2) is 0 Å². The first-order valence-electron chi connectivity index (χ1n) is 4.51. The SMILES string of the molecule is C[C@H](C#N)OC(=O)C[C@@H]1CSCCS1. The van der Waals surface area contributed by atoms with E-state index < -0.39 is 6.10 Å². The molecule has 0 spiro atoms. The maximum atomic E-state index is 11.3. The normalized spacial score (nSPS) is 23.6. The largest absolute Gasteiger partial charge is 0.447 e. The van der Waals surface area contributed by atoms with E-state index in [1.807, 2.05) is 29.6 Å². The van der Waals surface area contributed by atoms with E-state index in [4.69, 9.17) is 10.00 Å². The van der Waals surface area contributed by atoms with Gasteiger partial charge in [0.1, 0.15) is 6.07 Å². The second-order valence-electron chi connectivity index (χ2n) is 3.03. The van der Waals surface area contributed by atoms with E-state index in [9.17, 15) is 4.79 Å². The fraction of sp³-hybridized carbons (Fsp3) is 0.778. The molecule has 0 saturated carbocycles. The second-order valence-corrected chi connectivity index (χ2v) is 5.59. The summed E-state index contributed by atoms with van der Waals surface area (Å²) in [6.07, 6.45) is -0.187. The maximum absolute atomic E-state index is 11.3. The fourth-order valence-corrected chi connectivity index (χ4v) is 3.78. The second kappa shape index (κ2) is 6.20. The molecule has 1 rings (SSSR count). The first-order chi connectivity index (χ1) is 6.72. The van der Waals surface area contributed by atoms with E-state index in [0.29, 0.717) is 11.7 Å². The van der Waals surface area contributed by atoms with E-state index in [1.165, 1.54) is 5.75 Å². The zero-order valence-corrected chi connectivity index (χ0v) is 9.70. The van der Waals surface area contributed by atoms with Crippen molar-refractivity contribution >= 4 is 29.5 Å². The summed E-state index contributed by atoms with van der Waals surface area (Å²) < 4.78 is 4.88. The molecule has 0 N–H and O–H groups in total. The molecule has 0 aromatic carbocycles. The van der Waals surface area contributed by atoms with Crippen molar-refractivity contribution in [2.45, 2.75) is 24.7 Å². The van der Waals surface area contributed by atoms with Crippen molar-refractivity contribution in [3.8, 4) is 6.07 Å². The highest BCUT2D eigenvalue weighted by atomic mass is 32.2. The first-order valence-corrected chi connectivity index (χ1v) is 6.71. The van der Waals surface area contributed by atoms with E-state index >= 15 is 0 Å². The number of carbonyl (C=O) groups is 1. The average Bonchev–Trinajstić information content (AvgIpc) is 2.19. The Labute approximate surface area is 92.6 Å².